The second kappa shape index (κ2) is 8.25. The third kappa shape index (κ3) is 5.00. The maximum absolute atomic E-state index is 12.9. The number of likely N-dealkylation sites (N-methyl/N-ethyl adjacent to an activating group) is 1. The average Bonchev–Trinajstić information content (AvgIpc) is 3.08. The maximum Gasteiger partial charge on any atom is 0.243 e. The second-order valence-electron chi connectivity index (χ2n) is 5.71. The highest BCUT2D eigenvalue weighted by molar-refractivity contribution is 7.09. The smallest absolute Gasteiger partial charge is 0.243 e. The van der Waals surface area contributed by atoms with E-state index in [1.54, 1.807) is 11.9 Å². The van der Waals surface area contributed by atoms with E-state index in [4.69, 9.17) is 11.6 Å². The number of hydrogen-bond donors (Lipinski definition) is 1. The van der Waals surface area contributed by atoms with Gasteiger partial charge in [-0.25, -0.2) is 9.37 Å². The molecule has 5 nitrogen and oxygen atoms in total. The Bertz CT molecular complexity index is 883. The summed E-state index contributed by atoms with van der Waals surface area (Å²) in [7, 11) is 1.77. The Labute approximate surface area is 159 Å². The minimum absolute atomic E-state index is 0.118. The van der Waals surface area contributed by atoms with Crippen molar-refractivity contribution in [3.05, 3.63) is 70.8 Å². The summed E-state index contributed by atoms with van der Waals surface area (Å²) in [6.45, 7) is 0.118. The van der Waals surface area contributed by atoms with Crippen molar-refractivity contribution in [2.45, 2.75) is 6.42 Å². The number of nitrogens with zero attached hydrogens (tertiary/aromatic N) is 3. The molecule has 3 aromatic rings. The van der Waals surface area contributed by atoms with Gasteiger partial charge in [-0.05, 0) is 42.0 Å². The highest BCUT2D eigenvalue weighted by Crippen LogP contribution is 2.19. The van der Waals surface area contributed by atoms with Crippen molar-refractivity contribution in [2.24, 2.45) is 0 Å². The highest BCUT2D eigenvalue weighted by Gasteiger charge is 2.13. The number of carbonyl (C=O) groups excluding carboxylic acids is 1. The third-order valence-electron chi connectivity index (χ3n) is 3.57. The molecule has 1 heterocycles. The zero-order chi connectivity index (χ0) is 18.5. The van der Waals surface area contributed by atoms with Crippen LogP contribution in [0.2, 0.25) is 5.02 Å². The molecule has 3 rings (SSSR count). The molecule has 0 aliphatic heterocycles. The van der Waals surface area contributed by atoms with Crippen molar-refractivity contribution < 1.29 is 9.18 Å². The number of aromatic nitrogens is 2. The first-order valence-electron chi connectivity index (χ1n) is 7.83. The number of amides is 1. The highest BCUT2D eigenvalue weighted by atomic mass is 35.5. The fourth-order valence-corrected chi connectivity index (χ4v) is 3.04. The average molecular weight is 391 g/mol. The molecule has 0 saturated heterocycles. The minimum Gasteiger partial charge on any atom is -0.341 e. The molecule has 0 spiro atoms. The van der Waals surface area contributed by atoms with Gasteiger partial charge in [-0.2, -0.15) is 4.37 Å². The van der Waals surface area contributed by atoms with Gasteiger partial charge in [-0.1, -0.05) is 23.7 Å². The van der Waals surface area contributed by atoms with Crippen molar-refractivity contribution in [2.75, 3.05) is 23.8 Å². The second-order valence-corrected chi connectivity index (χ2v) is 6.87. The van der Waals surface area contributed by atoms with Gasteiger partial charge in [0.15, 0.2) is 0 Å². The molecule has 2 aromatic carbocycles. The van der Waals surface area contributed by atoms with E-state index in [2.05, 4.69) is 14.7 Å². The van der Waals surface area contributed by atoms with Crippen molar-refractivity contribution in [1.82, 2.24) is 9.36 Å². The van der Waals surface area contributed by atoms with E-state index in [1.165, 1.54) is 35.8 Å². The van der Waals surface area contributed by atoms with Gasteiger partial charge in [0.1, 0.15) is 11.6 Å². The monoisotopic (exact) mass is 390 g/mol. The molecule has 0 saturated carbocycles. The van der Waals surface area contributed by atoms with Gasteiger partial charge in [0.2, 0.25) is 11.0 Å². The van der Waals surface area contributed by atoms with Crippen molar-refractivity contribution in [1.29, 1.82) is 0 Å². The largest absolute Gasteiger partial charge is 0.341 e. The Kier molecular flexibility index (Phi) is 5.80. The fraction of sp³-hybridized carbons (Fsp3) is 0.167. The van der Waals surface area contributed by atoms with Crippen molar-refractivity contribution in [3.8, 4) is 0 Å². The number of benzene rings is 2. The fourth-order valence-electron chi connectivity index (χ4n) is 2.27. The van der Waals surface area contributed by atoms with Crippen LogP contribution >= 0.6 is 23.1 Å². The van der Waals surface area contributed by atoms with E-state index in [0.717, 1.165) is 5.56 Å². The van der Waals surface area contributed by atoms with Crippen LogP contribution in [0.4, 0.5) is 15.2 Å². The zero-order valence-corrected chi connectivity index (χ0v) is 15.5. The standard InChI is InChI=1S/C18H16ClFN4OS/c1-24(11-17(25)21-15-8-6-14(20)7-9-15)18-22-16(23-26-18)10-12-2-4-13(19)5-3-12/h2-9H,10-11H2,1H3,(H,21,25). The molecule has 0 aliphatic rings. The zero-order valence-electron chi connectivity index (χ0n) is 13.9. The van der Waals surface area contributed by atoms with E-state index >= 15 is 0 Å². The summed E-state index contributed by atoms with van der Waals surface area (Å²) in [5.74, 6) is 0.133. The van der Waals surface area contributed by atoms with Gasteiger partial charge in [-0.3, -0.25) is 4.79 Å². The van der Waals surface area contributed by atoms with E-state index in [9.17, 15) is 9.18 Å². The van der Waals surface area contributed by atoms with Crippen LogP contribution < -0.4 is 10.2 Å². The maximum atomic E-state index is 12.9. The SMILES string of the molecule is CN(CC(=O)Nc1ccc(F)cc1)c1nc(Cc2ccc(Cl)cc2)ns1. The Balaban J connectivity index is 1.57. The number of rotatable bonds is 6. The molecule has 0 radical (unpaired) electrons. The van der Waals surface area contributed by atoms with Crippen molar-refractivity contribution in [3.63, 3.8) is 0 Å². The molecule has 1 amide bonds. The molecule has 0 fully saturated rings. The lowest BCUT2D eigenvalue weighted by molar-refractivity contribution is -0.114. The number of nitrogens with one attached hydrogen (secondary N) is 1. The normalized spacial score (nSPS) is 10.6. The topological polar surface area (TPSA) is 58.1 Å². The van der Waals surface area contributed by atoms with Gasteiger partial charge in [0.25, 0.3) is 0 Å². The van der Waals surface area contributed by atoms with E-state index < -0.39 is 0 Å². The molecule has 0 unspecified atom stereocenters. The number of carbonyl (C=O) groups is 1. The summed E-state index contributed by atoms with van der Waals surface area (Å²) >= 11 is 7.12. The Morgan fingerprint density at radius 2 is 1.88 bits per heavy atom. The van der Waals surface area contributed by atoms with Crippen LogP contribution in [-0.2, 0) is 11.2 Å². The number of anilines is 2. The van der Waals surface area contributed by atoms with Crippen LogP contribution in [0.25, 0.3) is 0 Å². The summed E-state index contributed by atoms with van der Waals surface area (Å²) in [5, 5.41) is 4.06. The quantitative estimate of drug-likeness (QED) is 0.691. The molecule has 26 heavy (non-hydrogen) atoms. The molecule has 0 bridgehead atoms. The van der Waals surface area contributed by atoms with Crippen LogP contribution in [0.1, 0.15) is 11.4 Å². The summed E-state index contributed by atoms with van der Waals surface area (Å²) < 4.78 is 17.2. The lowest BCUT2D eigenvalue weighted by Gasteiger charge is -2.14. The van der Waals surface area contributed by atoms with Gasteiger partial charge >= 0.3 is 0 Å². The first-order valence-corrected chi connectivity index (χ1v) is 8.98. The first-order chi connectivity index (χ1) is 12.5. The molecule has 0 aliphatic carbocycles. The van der Waals surface area contributed by atoms with Crippen LogP contribution in [0, 0.1) is 5.82 Å². The lowest BCUT2D eigenvalue weighted by Crippen LogP contribution is -2.30. The molecule has 8 heteroatoms. The summed E-state index contributed by atoms with van der Waals surface area (Å²) in [5.41, 5.74) is 1.61. The van der Waals surface area contributed by atoms with Gasteiger partial charge in [0, 0.05) is 35.7 Å². The van der Waals surface area contributed by atoms with Crippen LogP contribution in [0.15, 0.2) is 48.5 Å². The predicted molar refractivity (Wildman–Crippen MR) is 102 cm³/mol. The lowest BCUT2D eigenvalue weighted by atomic mass is 10.1. The Hall–Kier alpha value is -2.51. The molecule has 0 atom stereocenters. The van der Waals surface area contributed by atoms with Crippen LogP contribution in [0.3, 0.4) is 0 Å². The van der Waals surface area contributed by atoms with Crippen LogP contribution in [0.5, 0.6) is 0 Å². The van der Waals surface area contributed by atoms with Gasteiger partial charge in [0.05, 0.1) is 6.54 Å². The molecular formula is C18H16ClFN4OS. The number of halogens is 2. The van der Waals surface area contributed by atoms with Crippen LogP contribution in [-0.4, -0.2) is 28.9 Å². The first kappa shape index (κ1) is 18.3. The Morgan fingerprint density at radius 1 is 1.19 bits per heavy atom. The molecule has 1 aromatic heterocycles. The van der Waals surface area contributed by atoms with E-state index in [1.807, 2.05) is 24.3 Å². The minimum atomic E-state index is -0.345. The van der Waals surface area contributed by atoms with Gasteiger partial charge in [-0.15, -0.1) is 0 Å². The summed E-state index contributed by atoms with van der Waals surface area (Å²) in [6, 6.07) is 13.2. The number of hydrogen-bond acceptors (Lipinski definition) is 5. The van der Waals surface area contributed by atoms with E-state index in [0.29, 0.717) is 28.1 Å². The van der Waals surface area contributed by atoms with Crippen molar-refractivity contribution >= 4 is 39.9 Å². The van der Waals surface area contributed by atoms with Gasteiger partial charge < -0.3 is 10.2 Å². The summed E-state index contributed by atoms with van der Waals surface area (Å²) in [6.07, 6.45) is 0.600. The summed E-state index contributed by atoms with van der Waals surface area (Å²) in [4.78, 5) is 18.3. The molecule has 1 N–H and O–H groups in total. The molecule has 134 valence electrons. The Morgan fingerprint density at radius 3 is 2.58 bits per heavy atom. The third-order valence-corrected chi connectivity index (χ3v) is 4.69. The van der Waals surface area contributed by atoms with E-state index in [-0.39, 0.29) is 18.3 Å². The predicted octanol–water partition coefficient (Wildman–Crippen LogP) is 4.00. The molecular weight excluding hydrogens is 375 g/mol.